The number of nitrogens with zero attached hydrogens (tertiary/aromatic N) is 1. The normalized spacial score (nSPS) is 31.7. The fourth-order valence-electron chi connectivity index (χ4n) is 3.25. The van der Waals surface area contributed by atoms with E-state index in [1.165, 1.54) is 11.1 Å². The molecule has 0 bridgehead atoms. The molecule has 2 N–H and O–H groups in total. The van der Waals surface area contributed by atoms with Crippen LogP contribution in [-0.2, 0) is 4.74 Å². The number of rotatable bonds is 5. The highest BCUT2D eigenvalue weighted by Gasteiger charge is 2.35. The van der Waals surface area contributed by atoms with Crippen LogP contribution >= 0.6 is 11.8 Å². The highest BCUT2D eigenvalue weighted by Crippen LogP contribution is 2.30. The summed E-state index contributed by atoms with van der Waals surface area (Å²) in [6, 6.07) is 0.329. The van der Waals surface area contributed by atoms with Gasteiger partial charge in [0.25, 0.3) is 0 Å². The van der Waals surface area contributed by atoms with Gasteiger partial charge in [-0.05, 0) is 70.1 Å². The molecule has 0 amide bonds. The van der Waals surface area contributed by atoms with Gasteiger partial charge in [0.2, 0.25) is 0 Å². The molecular formula is C18H30N2O2S. The average molecular weight is 339 g/mol. The Labute approximate surface area is 144 Å². The fraction of sp³-hybridized carbons (Fsp3) is 0.722. The van der Waals surface area contributed by atoms with E-state index < -0.39 is 0 Å². The summed E-state index contributed by atoms with van der Waals surface area (Å²) in [5.41, 5.74) is 2.53. The topological polar surface area (TPSA) is 53.9 Å². The van der Waals surface area contributed by atoms with Gasteiger partial charge < -0.3 is 9.84 Å². The van der Waals surface area contributed by atoms with Crippen molar-refractivity contribution in [3.63, 3.8) is 0 Å². The minimum Gasteiger partial charge on any atom is -0.396 e. The molecule has 2 rings (SSSR count). The summed E-state index contributed by atoms with van der Waals surface area (Å²) in [7, 11) is 0. The lowest BCUT2D eigenvalue weighted by Gasteiger charge is -2.20. The SMILES string of the molecule is CSC1=NC(NC2CC(CO)C(OC(C)C)C2)C=C(C)C(C)=C1. The Balaban J connectivity index is 2.04. The number of thioether (sulfide) groups is 1. The van der Waals surface area contributed by atoms with Gasteiger partial charge in [-0.2, -0.15) is 0 Å². The van der Waals surface area contributed by atoms with E-state index in [2.05, 4.69) is 51.4 Å². The highest BCUT2D eigenvalue weighted by atomic mass is 32.2. The highest BCUT2D eigenvalue weighted by molar-refractivity contribution is 8.13. The minimum atomic E-state index is -0.00621. The number of aliphatic hydroxyl groups excluding tert-OH is 1. The smallest absolute Gasteiger partial charge is 0.120 e. The third-order valence-corrected chi connectivity index (χ3v) is 5.20. The van der Waals surface area contributed by atoms with Gasteiger partial charge in [0, 0.05) is 18.6 Å². The van der Waals surface area contributed by atoms with Gasteiger partial charge in [0.05, 0.1) is 17.3 Å². The number of hydrogen-bond donors (Lipinski definition) is 2. The first-order chi connectivity index (χ1) is 10.9. The molecule has 0 spiro atoms. The second-order valence-corrected chi connectivity index (χ2v) is 7.62. The Morgan fingerprint density at radius 3 is 2.70 bits per heavy atom. The summed E-state index contributed by atoms with van der Waals surface area (Å²) < 4.78 is 5.97. The molecule has 0 aromatic carbocycles. The third-order valence-electron chi connectivity index (χ3n) is 4.56. The lowest BCUT2D eigenvalue weighted by atomic mass is 10.1. The Morgan fingerprint density at radius 2 is 2.09 bits per heavy atom. The zero-order valence-electron chi connectivity index (χ0n) is 14.9. The lowest BCUT2D eigenvalue weighted by molar-refractivity contribution is -0.0256. The van der Waals surface area contributed by atoms with Crippen LogP contribution in [0.15, 0.2) is 28.3 Å². The Morgan fingerprint density at radius 1 is 1.35 bits per heavy atom. The van der Waals surface area contributed by atoms with Gasteiger partial charge in [0.1, 0.15) is 6.17 Å². The van der Waals surface area contributed by atoms with Crippen molar-refractivity contribution in [1.82, 2.24) is 5.32 Å². The maximum Gasteiger partial charge on any atom is 0.120 e. The maximum absolute atomic E-state index is 9.62. The molecule has 1 aliphatic heterocycles. The second kappa shape index (κ2) is 8.47. The van der Waals surface area contributed by atoms with Gasteiger partial charge in [-0.25, -0.2) is 0 Å². The zero-order chi connectivity index (χ0) is 17.0. The van der Waals surface area contributed by atoms with Crippen LogP contribution in [0, 0.1) is 5.92 Å². The second-order valence-electron chi connectivity index (χ2n) is 6.79. The Bertz CT molecular complexity index is 499. The first-order valence-electron chi connectivity index (χ1n) is 8.44. The fourth-order valence-corrected chi connectivity index (χ4v) is 3.76. The monoisotopic (exact) mass is 338 g/mol. The predicted octanol–water partition coefficient (Wildman–Crippen LogP) is 3.13. The number of nitrogens with one attached hydrogen (secondary N) is 1. The summed E-state index contributed by atoms with van der Waals surface area (Å²) in [6.45, 7) is 8.56. The maximum atomic E-state index is 9.62. The van der Waals surface area contributed by atoms with Crippen molar-refractivity contribution in [2.75, 3.05) is 12.9 Å². The van der Waals surface area contributed by atoms with Crippen LogP contribution in [0.25, 0.3) is 0 Å². The molecule has 23 heavy (non-hydrogen) atoms. The number of hydrogen-bond acceptors (Lipinski definition) is 5. The van der Waals surface area contributed by atoms with E-state index in [1.807, 2.05) is 0 Å². The molecule has 4 atom stereocenters. The molecule has 0 aromatic rings. The molecule has 1 heterocycles. The van der Waals surface area contributed by atoms with Gasteiger partial charge in [-0.3, -0.25) is 10.3 Å². The summed E-state index contributed by atoms with van der Waals surface area (Å²) in [5.74, 6) is 0.217. The van der Waals surface area contributed by atoms with Crippen LogP contribution in [0.2, 0.25) is 0 Å². The van der Waals surface area contributed by atoms with E-state index in [9.17, 15) is 5.11 Å². The number of aliphatic imine (C=N–C) groups is 1. The molecule has 4 nitrogen and oxygen atoms in total. The molecule has 5 heteroatoms. The van der Waals surface area contributed by atoms with E-state index in [0.29, 0.717) is 6.04 Å². The Kier molecular flexibility index (Phi) is 6.89. The summed E-state index contributed by atoms with van der Waals surface area (Å²) in [6.07, 6.45) is 8.60. The molecule has 0 radical (unpaired) electrons. The van der Waals surface area contributed by atoms with E-state index in [4.69, 9.17) is 9.73 Å². The largest absolute Gasteiger partial charge is 0.396 e. The molecule has 2 aliphatic rings. The summed E-state index contributed by atoms with van der Waals surface area (Å²) >= 11 is 1.68. The van der Waals surface area contributed by atoms with Crippen molar-refractivity contribution in [3.8, 4) is 0 Å². The summed E-state index contributed by atoms with van der Waals surface area (Å²) in [5, 5.41) is 14.3. The first kappa shape index (κ1) is 18.7. The van der Waals surface area contributed by atoms with Crippen molar-refractivity contribution < 1.29 is 9.84 Å². The van der Waals surface area contributed by atoms with E-state index >= 15 is 0 Å². The molecule has 1 aliphatic carbocycles. The number of ether oxygens (including phenoxy) is 1. The van der Waals surface area contributed by atoms with Gasteiger partial charge >= 0.3 is 0 Å². The molecule has 0 saturated heterocycles. The molecule has 1 saturated carbocycles. The number of allylic oxidation sites excluding steroid dienone is 2. The van der Waals surface area contributed by atoms with Crippen LogP contribution in [0.3, 0.4) is 0 Å². The van der Waals surface area contributed by atoms with E-state index in [1.54, 1.807) is 11.8 Å². The van der Waals surface area contributed by atoms with Gasteiger partial charge in [-0.1, -0.05) is 0 Å². The van der Waals surface area contributed by atoms with E-state index in [0.717, 1.165) is 17.9 Å². The van der Waals surface area contributed by atoms with Gasteiger partial charge in [-0.15, -0.1) is 11.8 Å². The van der Waals surface area contributed by atoms with Crippen molar-refractivity contribution in [3.05, 3.63) is 23.3 Å². The average Bonchev–Trinajstić information content (AvgIpc) is 2.79. The van der Waals surface area contributed by atoms with Crippen LogP contribution < -0.4 is 5.32 Å². The Hall–Kier alpha value is -0.620. The predicted molar refractivity (Wildman–Crippen MR) is 99.0 cm³/mol. The minimum absolute atomic E-state index is 0.00621. The molecule has 0 aromatic heterocycles. The van der Waals surface area contributed by atoms with Crippen molar-refractivity contribution in [1.29, 1.82) is 0 Å². The van der Waals surface area contributed by atoms with Gasteiger partial charge in [0.15, 0.2) is 0 Å². The standard InChI is InChI=1S/C18H30N2O2S/c1-11(2)22-16-9-15(8-14(16)10-21)19-17-6-12(3)13(4)7-18(20-17)23-5/h6-7,11,14-17,19,21H,8-10H2,1-5H3. The van der Waals surface area contributed by atoms with Crippen LogP contribution in [0.5, 0.6) is 0 Å². The molecule has 130 valence electrons. The van der Waals surface area contributed by atoms with Crippen molar-refractivity contribution >= 4 is 16.8 Å². The quantitative estimate of drug-likeness (QED) is 0.809. The van der Waals surface area contributed by atoms with Crippen molar-refractivity contribution in [2.24, 2.45) is 10.9 Å². The first-order valence-corrected chi connectivity index (χ1v) is 9.66. The van der Waals surface area contributed by atoms with Crippen LogP contribution in [0.1, 0.15) is 40.5 Å². The third kappa shape index (κ3) is 5.18. The molecular weight excluding hydrogens is 308 g/mol. The van der Waals surface area contributed by atoms with Crippen LogP contribution in [0.4, 0.5) is 0 Å². The molecule has 4 unspecified atom stereocenters. The zero-order valence-corrected chi connectivity index (χ0v) is 15.7. The molecule has 1 fully saturated rings. The van der Waals surface area contributed by atoms with E-state index in [-0.39, 0.29) is 30.9 Å². The van der Waals surface area contributed by atoms with Crippen molar-refractivity contribution in [2.45, 2.75) is 65.0 Å². The number of aliphatic hydroxyl groups is 1. The lowest BCUT2D eigenvalue weighted by Crippen LogP contribution is -2.35. The summed E-state index contributed by atoms with van der Waals surface area (Å²) in [4.78, 5) is 4.81. The van der Waals surface area contributed by atoms with Crippen LogP contribution in [-0.4, -0.2) is 47.4 Å².